The third-order valence-electron chi connectivity index (χ3n) is 3.94. The first-order chi connectivity index (χ1) is 12.5. The summed E-state index contributed by atoms with van der Waals surface area (Å²) in [6.45, 7) is 1.23. The highest BCUT2D eigenvalue weighted by Gasteiger charge is 2.40. The Hall–Kier alpha value is -2.98. The molecule has 2 amide bonds. The number of carbonyl (C=O) groups excluding carboxylic acids is 2. The standard InChI is InChI=1S/C16H15F4N3O4/c1-2-5-21(9-16(18,19)20)15(25)10-6-14(24)22(8-10)11-3-4-12(17)13(7-11)23(26)27/h2-4,7,10H,1,5-6,8-9H2. The summed E-state index contributed by atoms with van der Waals surface area (Å²) in [4.78, 5) is 36.0. The average Bonchev–Trinajstić information content (AvgIpc) is 2.94. The van der Waals surface area contributed by atoms with Gasteiger partial charge in [0.2, 0.25) is 17.6 Å². The molecular formula is C16H15F4N3O4. The molecule has 0 aliphatic carbocycles. The number of halogens is 4. The van der Waals surface area contributed by atoms with Crippen molar-refractivity contribution in [3.05, 3.63) is 46.8 Å². The molecule has 0 bridgehead atoms. The predicted molar refractivity (Wildman–Crippen MR) is 86.3 cm³/mol. The van der Waals surface area contributed by atoms with Crippen molar-refractivity contribution in [2.45, 2.75) is 12.6 Å². The Kier molecular flexibility index (Phi) is 5.82. The van der Waals surface area contributed by atoms with Crippen LogP contribution in [0.15, 0.2) is 30.9 Å². The lowest BCUT2D eigenvalue weighted by Gasteiger charge is -2.25. The van der Waals surface area contributed by atoms with E-state index in [1.54, 1.807) is 0 Å². The lowest BCUT2D eigenvalue weighted by Crippen LogP contribution is -2.43. The van der Waals surface area contributed by atoms with Gasteiger partial charge >= 0.3 is 11.9 Å². The van der Waals surface area contributed by atoms with Crippen molar-refractivity contribution < 1.29 is 32.1 Å². The molecule has 146 valence electrons. The normalized spacial score (nSPS) is 17.1. The molecule has 1 atom stereocenters. The number of hydrogen-bond acceptors (Lipinski definition) is 4. The van der Waals surface area contributed by atoms with Crippen LogP contribution in [0, 0.1) is 21.8 Å². The van der Waals surface area contributed by atoms with Gasteiger partial charge in [-0.25, -0.2) is 0 Å². The van der Waals surface area contributed by atoms with Gasteiger partial charge in [-0.1, -0.05) is 6.08 Å². The molecule has 11 heteroatoms. The maximum Gasteiger partial charge on any atom is 0.406 e. The van der Waals surface area contributed by atoms with Crippen LogP contribution in [0.25, 0.3) is 0 Å². The quantitative estimate of drug-likeness (QED) is 0.324. The molecule has 0 radical (unpaired) electrons. The lowest BCUT2D eigenvalue weighted by molar-refractivity contribution is -0.387. The summed E-state index contributed by atoms with van der Waals surface area (Å²) >= 11 is 0. The monoisotopic (exact) mass is 389 g/mol. The minimum Gasteiger partial charge on any atom is -0.330 e. The summed E-state index contributed by atoms with van der Waals surface area (Å²) in [7, 11) is 0. The first-order valence-corrected chi connectivity index (χ1v) is 7.74. The molecule has 0 saturated carbocycles. The number of amides is 2. The molecule has 2 rings (SSSR count). The molecule has 0 spiro atoms. The van der Waals surface area contributed by atoms with Crippen molar-refractivity contribution in [3.63, 3.8) is 0 Å². The molecule has 27 heavy (non-hydrogen) atoms. The number of hydrogen-bond donors (Lipinski definition) is 0. The van der Waals surface area contributed by atoms with Crippen LogP contribution in [-0.4, -0.2) is 47.4 Å². The highest BCUT2D eigenvalue weighted by molar-refractivity contribution is 6.00. The maximum absolute atomic E-state index is 13.4. The van der Waals surface area contributed by atoms with Gasteiger partial charge in [0.15, 0.2) is 0 Å². The van der Waals surface area contributed by atoms with E-state index >= 15 is 0 Å². The van der Waals surface area contributed by atoms with Gasteiger partial charge in [0.05, 0.1) is 16.5 Å². The maximum atomic E-state index is 13.4. The number of rotatable bonds is 6. The van der Waals surface area contributed by atoms with E-state index in [0.717, 1.165) is 29.2 Å². The SMILES string of the molecule is C=CCN(CC(F)(F)F)C(=O)C1CC(=O)N(c2ccc(F)c([N+](=O)[O-])c2)C1. The third kappa shape index (κ3) is 4.80. The first-order valence-electron chi connectivity index (χ1n) is 7.74. The summed E-state index contributed by atoms with van der Waals surface area (Å²) in [6, 6.07) is 2.78. The van der Waals surface area contributed by atoms with E-state index in [9.17, 15) is 37.3 Å². The molecule has 1 aromatic carbocycles. The molecular weight excluding hydrogens is 374 g/mol. The summed E-state index contributed by atoms with van der Waals surface area (Å²) < 4.78 is 51.4. The van der Waals surface area contributed by atoms with Gasteiger partial charge < -0.3 is 9.80 Å². The minimum atomic E-state index is -4.61. The van der Waals surface area contributed by atoms with Gasteiger partial charge in [0.25, 0.3) is 0 Å². The fraction of sp³-hybridized carbons (Fsp3) is 0.375. The Bertz CT molecular complexity index is 781. The average molecular weight is 389 g/mol. The van der Waals surface area contributed by atoms with Crippen LogP contribution < -0.4 is 4.90 Å². The van der Waals surface area contributed by atoms with E-state index in [4.69, 9.17) is 0 Å². The zero-order valence-corrected chi connectivity index (χ0v) is 13.9. The topological polar surface area (TPSA) is 83.8 Å². The van der Waals surface area contributed by atoms with Crippen molar-refractivity contribution >= 4 is 23.2 Å². The van der Waals surface area contributed by atoms with Crippen molar-refractivity contribution in [1.82, 2.24) is 4.90 Å². The Balaban J connectivity index is 2.21. The summed E-state index contributed by atoms with van der Waals surface area (Å²) in [5.74, 6) is -3.62. The third-order valence-corrected chi connectivity index (χ3v) is 3.94. The molecule has 1 aromatic rings. The van der Waals surface area contributed by atoms with Crippen LogP contribution in [0.1, 0.15) is 6.42 Å². The number of anilines is 1. The van der Waals surface area contributed by atoms with Gasteiger partial charge in [0, 0.05) is 25.6 Å². The number of alkyl halides is 3. The molecule has 1 aliphatic rings. The van der Waals surface area contributed by atoms with E-state index in [0.29, 0.717) is 4.90 Å². The fourth-order valence-corrected chi connectivity index (χ4v) is 2.79. The largest absolute Gasteiger partial charge is 0.406 e. The van der Waals surface area contributed by atoms with E-state index in [2.05, 4.69) is 6.58 Å². The van der Waals surface area contributed by atoms with Crippen LogP contribution >= 0.6 is 0 Å². The van der Waals surface area contributed by atoms with Crippen LogP contribution in [0.4, 0.5) is 28.9 Å². The predicted octanol–water partition coefficient (Wildman–Crippen LogP) is 2.66. The Morgan fingerprint density at radius 1 is 1.44 bits per heavy atom. The van der Waals surface area contributed by atoms with Crippen LogP contribution in [0.5, 0.6) is 0 Å². The van der Waals surface area contributed by atoms with Crippen LogP contribution in [0.2, 0.25) is 0 Å². The van der Waals surface area contributed by atoms with E-state index in [1.807, 2.05) is 0 Å². The fourth-order valence-electron chi connectivity index (χ4n) is 2.79. The Morgan fingerprint density at radius 3 is 2.67 bits per heavy atom. The van der Waals surface area contributed by atoms with Gasteiger partial charge in [0.1, 0.15) is 6.54 Å². The molecule has 1 fully saturated rings. The number of nitro groups is 1. The van der Waals surface area contributed by atoms with E-state index < -0.39 is 46.9 Å². The Morgan fingerprint density at radius 2 is 2.11 bits per heavy atom. The van der Waals surface area contributed by atoms with Crippen LogP contribution in [-0.2, 0) is 9.59 Å². The summed E-state index contributed by atoms with van der Waals surface area (Å²) in [6.07, 6.45) is -3.82. The highest BCUT2D eigenvalue weighted by Crippen LogP contribution is 2.30. The molecule has 0 N–H and O–H groups in total. The van der Waals surface area contributed by atoms with Gasteiger partial charge in [-0.05, 0) is 12.1 Å². The number of carbonyl (C=O) groups is 2. The number of nitro benzene ring substituents is 1. The zero-order chi connectivity index (χ0) is 20.4. The molecule has 1 saturated heterocycles. The molecule has 0 aromatic heterocycles. The van der Waals surface area contributed by atoms with Gasteiger partial charge in [-0.2, -0.15) is 17.6 Å². The number of nitrogens with zero attached hydrogens (tertiary/aromatic N) is 3. The smallest absolute Gasteiger partial charge is 0.330 e. The molecule has 1 heterocycles. The van der Waals surface area contributed by atoms with E-state index in [1.165, 1.54) is 0 Å². The second-order valence-electron chi connectivity index (χ2n) is 5.92. The van der Waals surface area contributed by atoms with Crippen molar-refractivity contribution in [1.29, 1.82) is 0 Å². The second kappa shape index (κ2) is 7.72. The summed E-state index contributed by atoms with van der Waals surface area (Å²) in [5, 5.41) is 10.8. The molecule has 1 unspecified atom stereocenters. The van der Waals surface area contributed by atoms with Crippen molar-refractivity contribution in [2.24, 2.45) is 5.92 Å². The zero-order valence-electron chi connectivity index (χ0n) is 13.9. The van der Waals surface area contributed by atoms with E-state index in [-0.39, 0.29) is 25.2 Å². The molecule has 1 aliphatic heterocycles. The lowest BCUT2D eigenvalue weighted by atomic mass is 10.1. The van der Waals surface area contributed by atoms with Gasteiger partial charge in [-0.15, -0.1) is 6.58 Å². The van der Waals surface area contributed by atoms with Crippen molar-refractivity contribution in [3.8, 4) is 0 Å². The highest BCUT2D eigenvalue weighted by atomic mass is 19.4. The van der Waals surface area contributed by atoms with Crippen molar-refractivity contribution in [2.75, 3.05) is 24.5 Å². The summed E-state index contributed by atoms with van der Waals surface area (Å²) in [5.41, 5.74) is -0.852. The number of benzene rings is 1. The van der Waals surface area contributed by atoms with Crippen LogP contribution in [0.3, 0.4) is 0 Å². The van der Waals surface area contributed by atoms with Gasteiger partial charge in [-0.3, -0.25) is 19.7 Å². The second-order valence-corrected chi connectivity index (χ2v) is 5.92. The Labute approximate surface area is 151 Å². The first kappa shape index (κ1) is 20.3. The molecule has 7 nitrogen and oxygen atoms in total. The minimum absolute atomic E-state index is 0.00510.